The number of rotatable bonds is 7. The smallest absolute Gasteiger partial charge is 0.332 e. The largest absolute Gasteiger partial charge is 0.393 e. The van der Waals surface area contributed by atoms with E-state index in [1.807, 2.05) is 6.92 Å². The molecule has 0 aromatic carbocycles. The van der Waals surface area contributed by atoms with E-state index in [9.17, 15) is 15.2 Å². The topological polar surface area (TPSA) is 104 Å². The first kappa shape index (κ1) is 16.1. The number of anilines is 2. The molecule has 0 amide bonds. The monoisotopic (exact) mass is 283 g/mol. The predicted molar refractivity (Wildman–Crippen MR) is 77.2 cm³/mol. The summed E-state index contributed by atoms with van der Waals surface area (Å²) in [5, 5.41) is 23.5. The van der Waals surface area contributed by atoms with Crippen LogP contribution in [0.2, 0.25) is 0 Å². The molecule has 0 spiro atoms. The highest BCUT2D eigenvalue weighted by Gasteiger charge is 2.24. The zero-order chi connectivity index (χ0) is 15.3. The molecular formula is C12H21N5O3. The van der Waals surface area contributed by atoms with Crippen LogP contribution in [-0.4, -0.2) is 46.2 Å². The van der Waals surface area contributed by atoms with Crippen molar-refractivity contribution < 1.29 is 10.0 Å². The average Bonchev–Trinajstić information content (AvgIpc) is 2.34. The molecule has 112 valence electrons. The van der Waals surface area contributed by atoms with E-state index in [1.54, 1.807) is 25.8 Å². The third-order valence-electron chi connectivity index (χ3n) is 2.80. The predicted octanol–water partition coefficient (Wildman–Crippen LogP) is 1.33. The molecule has 1 atom stereocenters. The quantitative estimate of drug-likeness (QED) is 0.574. The molecule has 1 unspecified atom stereocenters. The van der Waals surface area contributed by atoms with Crippen LogP contribution in [0.3, 0.4) is 0 Å². The number of nitrogens with one attached hydrogen (secondary N) is 1. The Balaban J connectivity index is 3.15. The number of aryl methyl sites for hydroxylation is 1. The highest BCUT2D eigenvalue weighted by molar-refractivity contribution is 5.62. The molecule has 1 heterocycles. The number of aliphatic hydroxyl groups excluding tert-OH is 1. The van der Waals surface area contributed by atoms with Gasteiger partial charge in [-0.1, -0.05) is 0 Å². The van der Waals surface area contributed by atoms with E-state index < -0.39 is 11.0 Å². The van der Waals surface area contributed by atoms with Crippen molar-refractivity contribution in [3.63, 3.8) is 0 Å². The number of hydrogen-bond acceptors (Lipinski definition) is 7. The Hall–Kier alpha value is -1.96. The van der Waals surface area contributed by atoms with Crippen LogP contribution >= 0.6 is 0 Å². The fraction of sp³-hybridized carbons (Fsp3) is 0.667. The van der Waals surface area contributed by atoms with Crippen LogP contribution in [0.25, 0.3) is 0 Å². The minimum atomic E-state index is -0.473. The summed E-state index contributed by atoms with van der Waals surface area (Å²) in [4.78, 5) is 20.7. The van der Waals surface area contributed by atoms with Gasteiger partial charge in [-0.25, -0.2) is 4.98 Å². The third-order valence-corrected chi connectivity index (χ3v) is 2.80. The lowest BCUT2D eigenvalue weighted by molar-refractivity contribution is -0.385. The normalized spacial score (nSPS) is 12.1. The Labute approximate surface area is 118 Å². The second-order valence-corrected chi connectivity index (χ2v) is 4.65. The van der Waals surface area contributed by atoms with E-state index in [4.69, 9.17) is 0 Å². The minimum absolute atomic E-state index is 0.0975. The van der Waals surface area contributed by atoms with Gasteiger partial charge in [0.05, 0.1) is 11.0 Å². The summed E-state index contributed by atoms with van der Waals surface area (Å²) < 4.78 is 0. The molecular weight excluding hydrogens is 262 g/mol. The van der Waals surface area contributed by atoms with E-state index in [0.29, 0.717) is 31.2 Å². The Morgan fingerprint density at radius 2 is 2.15 bits per heavy atom. The van der Waals surface area contributed by atoms with Gasteiger partial charge in [0.2, 0.25) is 11.8 Å². The average molecular weight is 283 g/mol. The molecule has 0 fully saturated rings. The first-order valence-electron chi connectivity index (χ1n) is 6.52. The molecule has 1 rings (SSSR count). The van der Waals surface area contributed by atoms with E-state index in [1.165, 1.54) is 0 Å². The molecule has 0 aliphatic carbocycles. The summed E-state index contributed by atoms with van der Waals surface area (Å²) in [5.74, 6) is 0.633. The van der Waals surface area contributed by atoms with Crippen molar-refractivity contribution in [1.82, 2.24) is 9.97 Å². The zero-order valence-corrected chi connectivity index (χ0v) is 12.3. The molecule has 0 saturated heterocycles. The Morgan fingerprint density at radius 1 is 1.50 bits per heavy atom. The van der Waals surface area contributed by atoms with Crippen molar-refractivity contribution in [3.05, 3.63) is 15.8 Å². The molecule has 8 nitrogen and oxygen atoms in total. The number of aromatic nitrogens is 2. The van der Waals surface area contributed by atoms with Gasteiger partial charge < -0.3 is 15.3 Å². The SMILES string of the molecule is CCNc1nc(C)c([N+](=O)[O-])c(N(C)CCC(C)O)n1. The first-order chi connectivity index (χ1) is 9.36. The van der Waals surface area contributed by atoms with Crippen molar-refractivity contribution in [2.75, 3.05) is 30.4 Å². The van der Waals surface area contributed by atoms with E-state index in [2.05, 4.69) is 15.3 Å². The summed E-state index contributed by atoms with van der Waals surface area (Å²) in [5.41, 5.74) is 0.222. The van der Waals surface area contributed by atoms with Gasteiger partial charge in [0.25, 0.3) is 0 Å². The van der Waals surface area contributed by atoms with Gasteiger partial charge in [-0.15, -0.1) is 0 Å². The molecule has 20 heavy (non-hydrogen) atoms. The molecule has 0 aliphatic rings. The molecule has 0 aliphatic heterocycles. The van der Waals surface area contributed by atoms with Crippen LogP contribution in [0.15, 0.2) is 0 Å². The van der Waals surface area contributed by atoms with Gasteiger partial charge in [0, 0.05) is 20.1 Å². The summed E-state index contributed by atoms with van der Waals surface area (Å²) in [6, 6.07) is 0. The fourth-order valence-electron chi connectivity index (χ4n) is 1.76. The second kappa shape index (κ2) is 6.99. The lowest BCUT2D eigenvalue weighted by Gasteiger charge is -2.20. The lowest BCUT2D eigenvalue weighted by atomic mass is 10.2. The standard InChI is InChI=1S/C12H21N5O3/c1-5-13-12-14-9(3)10(17(19)20)11(15-12)16(4)7-6-8(2)18/h8,18H,5-7H2,1-4H3,(H,13,14,15). The molecule has 1 aromatic heterocycles. The molecule has 8 heteroatoms. The van der Waals surface area contributed by atoms with E-state index in [0.717, 1.165) is 0 Å². The molecule has 0 bridgehead atoms. The lowest BCUT2D eigenvalue weighted by Crippen LogP contribution is -2.24. The zero-order valence-electron chi connectivity index (χ0n) is 12.3. The van der Waals surface area contributed by atoms with Gasteiger partial charge in [0.15, 0.2) is 0 Å². The van der Waals surface area contributed by atoms with Crippen LogP contribution in [0, 0.1) is 17.0 Å². The molecule has 0 radical (unpaired) electrons. The number of hydrogen-bond donors (Lipinski definition) is 2. The van der Waals surface area contributed by atoms with Gasteiger partial charge in [-0.05, 0) is 27.2 Å². The number of aliphatic hydroxyl groups is 1. The Kier molecular flexibility index (Phi) is 5.63. The van der Waals surface area contributed by atoms with Crippen molar-refractivity contribution >= 4 is 17.5 Å². The third kappa shape index (κ3) is 4.02. The van der Waals surface area contributed by atoms with Gasteiger partial charge in [-0.3, -0.25) is 10.1 Å². The van der Waals surface area contributed by atoms with Crippen LogP contribution in [0.5, 0.6) is 0 Å². The van der Waals surface area contributed by atoms with Crippen molar-refractivity contribution in [1.29, 1.82) is 0 Å². The summed E-state index contributed by atoms with van der Waals surface area (Å²) >= 11 is 0. The van der Waals surface area contributed by atoms with Gasteiger partial charge >= 0.3 is 5.69 Å². The fourth-order valence-corrected chi connectivity index (χ4v) is 1.76. The molecule has 2 N–H and O–H groups in total. The molecule has 0 saturated carbocycles. The van der Waals surface area contributed by atoms with Gasteiger partial charge in [-0.2, -0.15) is 4.98 Å². The maximum absolute atomic E-state index is 11.2. The first-order valence-corrected chi connectivity index (χ1v) is 6.52. The number of nitrogens with zero attached hydrogens (tertiary/aromatic N) is 4. The minimum Gasteiger partial charge on any atom is -0.393 e. The van der Waals surface area contributed by atoms with Crippen LogP contribution in [-0.2, 0) is 0 Å². The maximum Gasteiger partial charge on any atom is 0.332 e. The maximum atomic E-state index is 11.2. The van der Waals surface area contributed by atoms with Crippen LogP contribution in [0.4, 0.5) is 17.5 Å². The van der Waals surface area contributed by atoms with Crippen molar-refractivity contribution in [3.8, 4) is 0 Å². The van der Waals surface area contributed by atoms with E-state index in [-0.39, 0.29) is 11.5 Å². The number of nitro groups is 1. The van der Waals surface area contributed by atoms with E-state index >= 15 is 0 Å². The second-order valence-electron chi connectivity index (χ2n) is 4.65. The highest BCUT2D eigenvalue weighted by atomic mass is 16.6. The van der Waals surface area contributed by atoms with Crippen LogP contribution in [0.1, 0.15) is 26.0 Å². The van der Waals surface area contributed by atoms with Crippen molar-refractivity contribution in [2.24, 2.45) is 0 Å². The summed E-state index contributed by atoms with van der Waals surface area (Å²) in [6.07, 6.45) is 0.0421. The van der Waals surface area contributed by atoms with Gasteiger partial charge in [0.1, 0.15) is 5.69 Å². The highest BCUT2D eigenvalue weighted by Crippen LogP contribution is 2.29. The summed E-state index contributed by atoms with van der Waals surface area (Å²) in [6.45, 7) is 6.27. The Bertz CT molecular complexity index is 478. The van der Waals surface area contributed by atoms with Crippen molar-refractivity contribution in [2.45, 2.75) is 33.3 Å². The molecule has 1 aromatic rings. The summed E-state index contributed by atoms with van der Waals surface area (Å²) in [7, 11) is 1.72. The Morgan fingerprint density at radius 3 is 2.65 bits per heavy atom. The van der Waals surface area contributed by atoms with Crippen LogP contribution < -0.4 is 10.2 Å².